The van der Waals surface area contributed by atoms with Gasteiger partial charge in [0, 0.05) is 103 Å². The van der Waals surface area contributed by atoms with Crippen molar-refractivity contribution in [2.24, 2.45) is 4.99 Å². The number of nitrogens with zero attached hydrogens (tertiary/aromatic N) is 4. The molecule has 16 heteroatoms. The first kappa shape index (κ1) is 41.6. The maximum atomic E-state index is 14.1. The Kier molecular flexibility index (Phi) is 12.0. The van der Waals surface area contributed by atoms with Crippen LogP contribution in [0.1, 0.15) is 40.5 Å². The Bertz CT molecular complexity index is 2800. The summed E-state index contributed by atoms with van der Waals surface area (Å²) in [5.74, 6) is -1.69. The molecule has 3 aliphatic heterocycles. The second kappa shape index (κ2) is 17.9. The Morgan fingerprint density at radius 2 is 1.79 bits per heavy atom. The van der Waals surface area contributed by atoms with Crippen LogP contribution in [0.5, 0.6) is 5.75 Å². The fourth-order valence-corrected chi connectivity index (χ4v) is 8.13. The maximum absolute atomic E-state index is 14.1. The third-order valence-corrected chi connectivity index (χ3v) is 11.2. The van der Waals surface area contributed by atoms with E-state index in [0.717, 1.165) is 0 Å². The molecular weight excluding hydrogens is 819 g/mol. The number of fused-ring (bicyclic) bond motifs is 2. The molecule has 0 saturated carbocycles. The van der Waals surface area contributed by atoms with Crippen LogP contribution in [-0.2, 0) is 14.3 Å². The van der Waals surface area contributed by atoms with E-state index in [2.05, 4.69) is 20.5 Å². The van der Waals surface area contributed by atoms with Crippen LogP contribution in [0.4, 0.5) is 10.1 Å². The highest BCUT2D eigenvalue weighted by Gasteiger charge is 2.35. The van der Waals surface area contributed by atoms with Crippen LogP contribution in [0.3, 0.4) is 0 Å². The lowest BCUT2D eigenvalue weighted by molar-refractivity contribution is -0.136. The molecule has 316 valence electrons. The molecule has 3 aromatic carbocycles. The molecule has 4 N–H and O–H groups in total. The lowest BCUT2D eigenvalue weighted by Crippen LogP contribution is -2.50. The van der Waals surface area contributed by atoms with E-state index in [4.69, 9.17) is 25.7 Å². The van der Waals surface area contributed by atoms with Gasteiger partial charge in [-0.15, -0.1) is 0 Å². The number of hydrogen-bond acceptors (Lipinski definition) is 12. The van der Waals surface area contributed by atoms with Crippen molar-refractivity contribution < 1.29 is 38.1 Å². The summed E-state index contributed by atoms with van der Waals surface area (Å²) in [5, 5.41) is 27.7. The summed E-state index contributed by atoms with van der Waals surface area (Å²) >= 11 is 6.51. The van der Waals surface area contributed by atoms with Gasteiger partial charge in [-0.1, -0.05) is 29.8 Å². The Morgan fingerprint density at radius 3 is 2.53 bits per heavy atom. The molecule has 14 nitrogen and oxygen atoms in total. The third-order valence-electron chi connectivity index (χ3n) is 10.9. The molecule has 8 rings (SSSR count). The number of rotatable bonds is 12. The summed E-state index contributed by atoms with van der Waals surface area (Å²) in [6, 6.07) is 22.3. The lowest BCUT2D eigenvalue weighted by atomic mass is 9.90. The number of carboxylic acids is 1. The third kappa shape index (κ3) is 8.71. The molecule has 1 saturated heterocycles. The number of esters is 1. The normalized spacial score (nSPS) is 15.6. The van der Waals surface area contributed by atoms with Crippen molar-refractivity contribution in [3.63, 3.8) is 0 Å². The Balaban J connectivity index is 0.914. The van der Waals surface area contributed by atoms with Crippen LogP contribution in [-0.4, -0.2) is 95.1 Å². The average molecular weight is 859 g/mol. The maximum Gasteiger partial charge on any atom is 0.338 e. The highest BCUT2D eigenvalue weighted by molar-refractivity contribution is 6.31. The number of carbonyl (C=O) groups is 3. The second-order valence-corrected chi connectivity index (χ2v) is 15.2. The minimum absolute atomic E-state index is 0.0185. The number of aromatic carboxylic acids is 1. The van der Waals surface area contributed by atoms with Gasteiger partial charge in [-0.25, -0.2) is 14.0 Å². The molecular formula is C46H40ClFN6O8. The van der Waals surface area contributed by atoms with Crippen LogP contribution >= 0.6 is 11.6 Å². The highest BCUT2D eigenvalue weighted by atomic mass is 35.5. The van der Waals surface area contributed by atoms with Gasteiger partial charge in [0.25, 0.3) is 0 Å². The summed E-state index contributed by atoms with van der Waals surface area (Å²) in [6.07, 6.45) is 2.38. The number of nitrogens with one attached hydrogen (secondary N) is 2. The predicted octanol–water partition coefficient (Wildman–Crippen LogP) is 6.71. The minimum atomic E-state index is -1.16. The molecule has 1 unspecified atom stereocenters. The minimum Gasteiger partial charge on any atom is -0.508 e. The van der Waals surface area contributed by atoms with Gasteiger partial charge in [0.1, 0.15) is 34.6 Å². The number of methoxy groups -OCH3 is 1. The molecule has 1 amide bonds. The van der Waals surface area contributed by atoms with E-state index in [-0.39, 0.29) is 45.4 Å². The number of aromatic hydroxyl groups is 1. The van der Waals surface area contributed by atoms with Gasteiger partial charge in [-0.05, 0) is 72.6 Å². The lowest BCUT2D eigenvalue weighted by Gasteiger charge is -2.36. The number of hydrogen-bond donors (Lipinski definition) is 4. The van der Waals surface area contributed by atoms with Gasteiger partial charge in [0.05, 0.1) is 18.2 Å². The number of benzene rings is 4. The molecule has 1 aliphatic carbocycles. The number of phenols is 1. The van der Waals surface area contributed by atoms with E-state index < -0.39 is 23.8 Å². The van der Waals surface area contributed by atoms with Gasteiger partial charge < -0.3 is 34.9 Å². The van der Waals surface area contributed by atoms with E-state index in [1.165, 1.54) is 55.6 Å². The van der Waals surface area contributed by atoms with Gasteiger partial charge in [0.2, 0.25) is 5.91 Å². The molecule has 4 aromatic rings. The summed E-state index contributed by atoms with van der Waals surface area (Å²) in [7, 11) is 1.28. The summed E-state index contributed by atoms with van der Waals surface area (Å²) < 4.78 is 25.2. The van der Waals surface area contributed by atoms with E-state index >= 15 is 0 Å². The van der Waals surface area contributed by atoms with E-state index in [1.54, 1.807) is 47.5 Å². The smallest absolute Gasteiger partial charge is 0.338 e. The number of amides is 1. The van der Waals surface area contributed by atoms with E-state index in [0.29, 0.717) is 102 Å². The van der Waals surface area contributed by atoms with Gasteiger partial charge in [-0.3, -0.25) is 24.5 Å². The first-order valence-corrected chi connectivity index (χ1v) is 20.2. The average Bonchev–Trinajstić information content (AvgIpc) is 3.27. The van der Waals surface area contributed by atoms with Crippen LogP contribution < -0.4 is 16.1 Å². The van der Waals surface area contributed by atoms with E-state index in [9.17, 15) is 33.8 Å². The number of halogens is 2. The molecule has 0 radical (unpaired) electrons. The fraction of sp³-hybridized carbons (Fsp3) is 0.217. The van der Waals surface area contributed by atoms with Gasteiger partial charge >= 0.3 is 11.9 Å². The number of aliphatic imine (C=N–C) groups is 1. The number of piperazine rings is 1. The molecule has 0 spiro atoms. The van der Waals surface area contributed by atoms with Crippen molar-refractivity contribution in [3.8, 4) is 28.2 Å². The molecule has 1 aromatic heterocycles. The fourth-order valence-electron chi connectivity index (χ4n) is 7.86. The molecule has 1 fully saturated rings. The Morgan fingerprint density at radius 1 is 0.984 bits per heavy atom. The number of amidine groups is 1. The monoisotopic (exact) mass is 858 g/mol. The molecule has 0 bridgehead atoms. The van der Waals surface area contributed by atoms with Crippen LogP contribution in [0.15, 0.2) is 123 Å². The number of aromatic nitrogens is 1. The van der Waals surface area contributed by atoms with Crippen molar-refractivity contribution in [2.75, 3.05) is 51.7 Å². The SMILES string of the molecule is COC(=O)C1=C(CN2CCN(C(=O)CCCNc3ccc(-c4c5ccc(=O)cc-5oc5cc(O)ccc45)c(C(=O)O)c3)CC2)NC(c2ccccn2)=NC1c1ccc(F)cc1Cl. The van der Waals surface area contributed by atoms with Gasteiger partial charge in [-0.2, -0.15) is 0 Å². The van der Waals surface area contributed by atoms with Crippen LogP contribution in [0.2, 0.25) is 5.02 Å². The Hall–Kier alpha value is -7.10. The molecule has 4 heterocycles. The highest BCUT2D eigenvalue weighted by Crippen LogP contribution is 2.42. The van der Waals surface area contributed by atoms with Crippen molar-refractivity contribution in [2.45, 2.75) is 18.9 Å². The number of phenolic OH excluding ortho intramolecular Hbond substituents is 1. The summed E-state index contributed by atoms with van der Waals surface area (Å²) in [5.41, 5.74) is 3.82. The quantitative estimate of drug-likeness (QED) is 0.0580. The Labute approximate surface area is 359 Å². The standard InChI is InChI=1S/C46H40ClFN6O8/c1-61-46(60)42-37(51-44(36-5-2-3-15-50-36)52-43(42)31-11-7-26(48)21-35(31)47)25-53-17-19-54(20-18-53)40(57)6-4-16-49-27-8-12-30(34(22-27)45(58)59)41-32-13-9-28(55)23-38(32)62-39-24-29(56)10-14-33(39)41/h2-3,5,7-15,21-24,43,49,55H,4,6,16-20,25H2,1H3,(H,51,52)(H,58,59). The zero-order valence-corrected chi connectivity index (χ0v) is 34.1. The van der Waals surface area contributed by atoms with E-state index in [1.807, 2.05) is 6.07 Å². The summed E-state index contributed by atoms with van der Waals surface area (Å²) in [4.78, 5) is 64.7. The van der Waals surface area contributed by atoms with Crippen molar-refractivity contribution in [1.82, 2.24) is 20.1 Å². The van der Waals surface area contributed by atoms with Crippen molar-refractivity contribution in [3.05, 3.63) is 146 Å². The number of pyridine rings is 1. The van der Waals surface area contributed by atoms with Crippen molar-refractivity contribution >= 4 is 51.9 Å². The van der Waals surface area contributed by atoms with Gasteiger partial charge in [0.15, 0.2) is 11.3 Å². The number of anilines is 1. The zero-order valence-electron chi connectivity index (χ0n) is 33.4. The van der Waals surface area contributed by atoms with Crippen molar-refractivity contribution in [1.29, 1.82) is 0 Å². The predicted molar refractivity (Wildman–Crippen MR) is 231 cm³/mol. The first-order valence-electron chi connectivity index (χ1n) is 19.8. The number of ether oxygens (including phenoxy) is 1. The zero-order chi connectivity index (χ0) is 43.5. The number of carbonyl (C=O) groups excluding carboxylic acids is 2. The first-order chi connectivity index (χ1) is 30.0. The topological polar surface area (TPSA) is 187 Å². The second-order valence-electron chi connectivity index (χ2n) is 14.8. The van der Waals surface area contributed by atoms with Crippen LogP contribution in [0, 0.1) is 5.82 Å². The summed E-state index contributed by atoms with van der Waals surface area (Å²) in [6.45, 7) is 2.65. The largest absolute Gasteiger partial charge is 0.508 e. The molecule has 4 aliphatic rings. The molecule has 62 heavy (non-hydrogen) atoms. The molecule has 1 atom stereocenters. The number of carboxylic acid groups (broad SMARTS) is 1. The van der Waals surface area contributed by atoms with Crippen LogP contribution in [0.25, 0.3) is 33.4 Å².